The first kappa shape index (κ1) is 17.6. The number of carbonyl (C=O) groups is 2. The van der Waals surface area contributed by atoms with Crippen LogP contribution in [0.3, 0.4) is 0 Å². The molecule has 132 valence electrons. The fraction of sp³-hybridized carbons (Fsp3) is 0.300. The molecule has 1 aliphatic rings. The summed E-state index contributed by atoms with van der Waals surface area (Å²) in [7, 11) is 0. The van der Waals surface area contributed by atoms with Crippen molar-refractivity contribution in [2.45, 2.75) is 31.7 Å². The molecule has 2 heterocycles. The number of rotatable bonds is 5. The third kappa shape index (κ3) is 3.42. The standard InChI is InChI=1S/C20H20N4O2/c1-13(15-5-3-2-4-6-15)9-19(25)24-17(12-21)16(20(24)26)10-14-7-8-23-18(22)11-14/h2-8,11,13,16-17H,9-10H2,1H3,(H2,22,23)/t13-,16?,17+/m0/s1. The topological polar surface area (TPSA) is 100 Å². The summed E-state index contributed by atoms with van der Waals surface area (Å²) in [6.45, 7) is 1.94. The zero-order valence-corrected chi connectivity index (χ0v) is 14.5. The van der Waals surface area contributed by atoms with Gasteiger partial charge in [0.05, 0.1) is 12.0 Å². The minimum Gasteiger partial charge on any atom is -0.384 e. The molecule has 1 saturated heterocycles. The van der Waals surface area contributed by atoms with Crippen LogP contribution in [0.2, 0.25) is 0 Å². The maximum absolute atomic E-state index is 12.6. The van der Waals surface area contributed by atoms with Gasteiger partial charge >= 0.3 is 0 Å². The highest BCUT2D eigenvalue weighted by Crippen LogP contribution is 2.32. The molecular weight excluding hydrogens is 328 g/mol. The van der Waals surface area contributed by atoms with E-state index in [0.29, 0.717) is 12.2 Å². The summed E-state index contributed by atoms with van der Waals surface area (Å²) in [5.41, 5.74) is 7.52. The Kier molecular flexibility index (Phi) is 4.99. The molecule has 1 aromatic heterocycles. The van der Waals surface area contributed by atoms with Crippen LogP contribution in [-0.2, 0) is 16.0 Å². The maximum atomic E-state index is 12.6. The highest BCUT2D eigenvalue weighted by molar-refractivity contribution is 6.03. The zero-order valence-electron chi connectivity index (χ0n) is 14.5. The lowest BCUT2D eigenvalue weighted by atomic mass is 9.82. The molecule has 6 nitrogen and oxygen atoms in total. The largest absolute Gasteiger partial charge is 0.384 e. The third-order valence-electron chi connectivity index (χ3n) is 4.77. The Balaban J connectivity index is 1.66. The van der Waals surface area contributed by atoms with Crippen molar-refractivity contribution in [2.24, 2.45) is 5.92 Å². The number of nitrogens with two attached hydrogens (primary N) is 1. The third-order valence-corrected chi connectivity index (χ3v) is 4.77. The molecule has 0 spiro atoms. The summed E-state index contributed by atoms with van der Waals surface area (Å²) in [5.74, 6) is -0.763. The average molecular weight is 348 g/mol. The molecule has 2 aromatic rings. The smallest absolute Gasteiger partial charge is 0.236 e. The number of imide groups is 1. The Hall–Kier alpha value is -3.20. The molecule has 3 rings (SSSR count). The molecule has 1 aromatic carbocycles. The maximum Gasteiger partial charge on any atom is 0.236 e. The van der Waals surface area contributed by atoms with Crippen molar-refractivity contribution < 1.29 is 9.59 Å². The molecule has 0 radical (unpaired) electrons. The number of amides is 2. The predicted molar refractivity (Wildman–Crippen MR) is 96.6 cm³/mol. The summed E-state index contributed by atoms with van der Waals surface area (Å²) in [5, 5.41) is 9.44. The van der Waals surface area contributed by atoms with E-state index in [1.807, 2.05) is 37.3 Å². The Morgan fingerprint density at radius 2 is 2.08 bits per heavy atom. The highest BCUT2D eigenvalue weighted by atomic mass is 16.2. The Bertz CT molecular complexity index is 860. The van der Waals surface area contributed by atoms with Gasteiger partial charge in [0.15, 0.2) is 0 Å². The molecule has 2 amide bonds. The SMILES string of the molecule is C[C@@H](CC(=O)N1C(=O)C(Cc2ccnc(N)c2)[C@H]1C#N)c1ccccc1. The molecule has 0 aliphatic carbocycles. The number of β-lactam (4-membered cyclic amide) rings is 1. The molecule has 0 bridgehead atoms. The van der Waals surface area contributed by atoms with Gasteiger partial charge in [0.1, 0.15) is 11.9 Å². The number of nitriles is 1. The number of likely N-dealkylation sites (tertiary alicyclic amines) is 1. The second-order valence-corrected chi connectivity index (χ2v) is 6.59. The van der Waals surface area contributed by atoms with E-state index in [0.717, 1.165) is 16.0 Å². The summed E-state index contributed by atoms with van der Waals surface area (Å²) in [6, 6.07) is 14.5. The van der Waals surface area contributed by atoms with Gasteiger partial charge in [0.25, 0.3) is 0 Å². The van der Waals surface area contributed by atoms with Gasteiger partial charge in [-0.1, -0.05) is 37.3 Å². The normalized spacial score (nSPS) is 20.2. The summed E-state index contributed by atoms with van der Waals surface area (Å²) >= 11 is 0. The number of anilines is 1. The Labute approximate surface area is 152 Å². The number of aromatic nitrogens is 1. The predicted octanol–water partition coefficient (Wildman–Crippen LogP) is 2.28. The van der Waals surface area contributed by atoms with Crippen molar-refractivity contribution in [2.75, 3.05) is 5.73 Å². The first-order chi connectivity index (χ1) is 12.5. The quantitative estimate of drug-likeness (QED) is 0.836. The van der Waals surface area contributed by atoms with Gasteiger partial charge in [-0.2, -0.15) is 5.26 Å². The van der Waals surface area contributed by atoms with Gasteiger partial charge in [0, 0.05) is 12.6 Å². The van der Waals surface area contributed by atoms with Crippen molar-refractivity contribution in [1.29, 1.82) is 5.26 Å². The van der Waals surface area contributed by atoms with Crippen molar-refractivity contribution in [1.82, 2.24) is 9.88 Å². The number of nitrogens with zero attached hydrogens (tertiary/aromatic N) is 3. The molecule has 26 heavy (non-hydrogen) atoms. The fourth-order valence-corrected chi connectivity index (χ4v) is 3.31. The summed E-state index contributed by atoms with van der Waals surface area (Å²) in [6.07, 6.45) is 2.14. The monoisotopic (exact) mass is 348 g/mol. The number of carbonyl (C=O) groups excluding carboxylic acids is 2. The second-order valence-electron chi connectivity index (χ2n) is 6.59. The molecule has 1 unspecified atom stereocenters. The van der Waals surface area contributed by atoms with Gasteiger partial charge in [-0.15, -0.1) is 0 Å². The van der Waals surface area contributed by atoms with E-state index in [2.05, 4.69) is 11.1 Å². The van der Waals surface area contributed by atoms with Gasteiger partial charge < -0.3 is 5.73 Å². The number of benzene rings is 1. The summed E-state index contributed by atoms with van der Waals surface area (Å²) in [4.78, 5) is 30.1. The number of pyridine rings is 1. The van der Waals surface area contributed by atoms with Crippen LogP contribution in [0.4, 0.5) is 5.82 Å². The van der Waals surface area contributed by atoms with Crippen LogP contribution < -0.4 is 5.73 Å². The van der Waals surface area contributed by atoms with Crippen LogP contribution in [0.25, 0.3) is 0 Å². The molecule has 6 heteroatoms. The second kappa shape index (κ2) is 7.36. The van der Waals surface area contributed by atoms with E-state index in [-0.39, 0.29) is 24.2 Å². The van der Waals surface area contributed by atoms with E-state index in [9.17, 15) is 14.9 Å². The minimum atomic E-state index is -0.729. The van der Waals surface area contributed by atoms with E-state index in [1.165, 1.54) is 0 Å². The minimum absolute atomic E-state index is 0.0186. The lowest BCUT2D eigenvalue weighted by Gasteiger charge is -2.42. The van der Waals surface area contributed by atoms with Crippen LogP contribution in [0.1, 0.15) is 30.4 Å². The molecule has 1 aliphatic heterocycles. The van der Waals surface area contributed by atoms with E-state index in [4.69, 9.17) is 5.73 Å². The van der Waals surface area contributed by atoms with Crippen LogP contribution in [0.15, 0.2) is 48.7 Å². The van der Waals surface area contributed by atoms with Crippen molar-refractivity contribution in [3.8, 4) is 6.07 Å². The molecular formula is C20H20N4O2. The van der Waals surface area contributed by atoms with Crippen molar-refractivity contribution >= 4 is 17.6 Å². The van der Waals surface area contributed by atoms with Crippen LogP contribution in [-0.4, -0.2) is 27.7 Å². The van der Waals surface area contributed by atoms with E-state index < -0.39 is 12.0 Å². The Morgan fingerprint density at radius 3 is 2.73 bits per heavy atom. The van der Waals surface area contributed by atoms with E-state index >= 15 is 0 Å². The molecule has 0 saturated carbocycles. The first-order valence-corrected chi connectivity index (χ1v) is 8.52. The van der Waals surface area contributed by atoms with Gasteiger partial charge in [-0.3, -0.25) is 14.5 Å². The van der Waals surface area contributed by atoms with Gasteiger partial charge in [-0.25, -0.2) is 4.98 Å². The van der Waals surface area contributed by atoms with Crippen LogP contribution >= 0.6 is 0 Å². The molecule has 2 N–H and O–H groups in total. The van der Waals surface area contributed by atoms with Crippen molar-refractivity contribution in [3.05, 3.63) is 59.8 Å². The zero-order chi connectivity index (χ0) is 18.7. The first-order valence-electron chi connectivity index (χ1n) is 8.52. The number of hydrogen-bond donors (Lipinski definition) is 1. The lowest BCUT2D eigenvalue weighted by Crippen LogP contribution is -2.63. The molecule has 3 atom stereocenters. The summed E-state index contributed by atoms with van der Waals surface area (Å²) < 4.78 is 0. The molecule has 1 fully saturated rings. The fourth-order valence-electron chi connectivity index (χ4n) is 3.31. The lowest BCUT2D eigenvalue weighted by molar-refractivity contribution is -0.163. The highest BCUT2D eigenvalue weighted by Gasteiger charge is 2.50. The van der Waals surface area contributed by atoms with Gasteiger partial charge in [0.2, 0.25) is 11.8 Å². The number of nitrogen functional groups attached to an aromatic ring is 1. The van der Waals surface area contributed by atoms with Crippen molar-refractivity contribution in [3.63, 3.8) is 0 Å². The van der Waals surface area contributed by atoms with Crippen LogP contribution in [0.5, 0.6) is 0 Å². The average Bonchev–Trinajstić information content (AvgIpc) is 2.64. The van der Waals surface area contributed by atoms with Gasteiger partial charge in [-0.05, 0) is 35.6 Å². The Morgan fingerprint density at radius 1 is 1.35 bits per heavy atom. The van der Waals surface area contributed by atoms with E-state index in [1.54, 1.807) is 18.3 Å². The number of hydrogen-bond acceptors (Lipinski definition) is 5. The van der Waals surface area contributed by atoms with Crippen LogP contribution in [0, 0.1) is 17.2 Å².